The van der Waals surface area contributed by atoms with E-state index in [1.54, 1.807) is 0 Å². The standard InChI is InChI=1S/C15H27N3O2/c1-9(2)7-13(17-11(4)19)15(20)18-6-5-12-14(18)8-10(3)16-12/h9-10,12-14,16H,5-8H2,1-4H3,(H,17,19). The van der Waals surface area contributed by atoms with Crippen LogP contribution in [0.3, 0.4) is 0 Å². The van der Waals surface area contributed by atoms with Crippen molar-refractivity contribution in [3.8, 4) is 0 Å². The predicted molar refractivity (Wildman–Crippen MR) is 78.2 cm³/mol. The van der Waals surface area contributed by atoms with Crippen LogP contribution in [0.2, 0.25) is 0 Å². The fraction of sp³-hybridized carbons (Fsp3) is 0.867. The molecule has 0 aromatic carbocycles. The molecule has 2 rings (SSSR count). The van der Waals surface area contributed by atoms with Gasteiger partial charge in [-0.3, -0.25) is 9.59 Å². The summed E-state index contributed by atoms with van der Waals surface area (Å²) in [7, 11) is 0. The molecule has 2 saturated heterocycles. The van der Waals surface area contributed by atoms with Crippen LogP contribution < -0.4 is 10.6 Å². The molecule has 4 unspecified atom stereocenters. The molecule has 5 heteroatoms. The summed E-state index contributed by atoms with van der Waals surface area (Å²) in [6.45, 7) is 8.61. The van der Waals surface area contributed by atoms with E-state index < -0.39 is 0 Å². The van der Waals surface area contributed by atoms with Crippen LogP contribution in [-0.4, -0.2) is 47.4 Å². The number of hydrogen-bond donors (Lipinski definition) is 2. The van der Waals surface area contributed by atoms with Crippen LogP contribution in [0.5, 0.6) is 0 Å². The molecule has 2 N–H and O–H groups in total. The van der Waals surface area contributed by atoms with Crippen molar-refractivity contribution < 1.29 is 9.59 Å². The van der Waals surface area contributed by atoms with E-state index in [4.69, 9.17) is 0 Å². The Hall–Kier alpha value is -1.10. The topological polar surface area (TPSA) is 61.4 Å². The molecular weight excluding hydrogens is 254 g/mol. The highest BCUT2D eigenvalue weighted by molar-refractivity contribution is 5.87. The Morgan fingerprint density at radius 2 is 2.10 bits per heavy atom. The number of amides is 2. The van der Waals surface area contributed by atoms with E-state index >= 15 is 0 Å². The number of likely N-dealkylation sites (tertiary alicyclic amines) is 1. The summed E-state index contributed by atoms with van der Waals surface area (Å²) in [6, 6.07) is 0.846. The molecule has 2 aliphatic heterocycles. The highest BCUT2D eigenvalue weighted by Crippen LogP contribution is 2.29. The molecule has 0 bridgehead atoms. The number of carbonyl (C=O) groups is 2. The first-order chi connectivity index (χ1) is 9.38. The second-order valence-corrected chi connectivity index (χ2v) is 6.68. The minimum absolute atomic E-state index is 0.0947. The maximum atomic E-state index is 12.7. The van der Waals surface area contributed by atoms with Crippen LogP contribution in [0.1, 0.15) is 47.0 Å². The summed E-state index contributed by atoms with van der Waals surface area (Å²) in [5, 5.41) is 6.37. The molecule has 5 nitrogen and oxygen atoms in total. The number of rotatable bonds is 4. The molecule has 0 radical (unpaired) electrons. The van der Waals surface area contributed by atoms with Gasteiger partial charge in [-0.15, -0.1) is 0 Å². The molecule has 4 atom stereocenters. The fourth-order valence-corrected chi connectivity index (χ4v) is 3.55. The van der Waals surface area contributed by atoms with Gasteiger partial charge in [-0.25, -0.2) is 0 Å². The van der Waals surface area contributed by atoms with Gasteiger partial charge in [0, 0.05) is 31.6 Å². The largest absolute Gasteiger partial charge is 0.345 e. The summed E-state index contributed by atoms with van der Waals surface area (Å²) in [6.07, 6.45) is 2.75. The van der Waals surface area contributed by atoms with Crippen LogP contribution >= 0.6 is 0 Å². The lowest BCUT2D eigenvalue weighted by Gasteiger charge is -2.29. The van der Waals surface area contributed by atoms with Gasteiger partial charge >= 0.3 is 0 Å². The SMILES string of the molecule is CC(=O)NC(CC(C)C)C(=O)N1CCC2NC(C)CC21. The van der Waals surface area contributed by atoms with Gasteiger partial charge in [-0.2, -0.15) is 0 Å². The molecule has 0 saturated carbocycles. The first-order valence-electron chi connectivity index (χ1n) is 7.72. The molecule has 20 heavy (non-hydrogen) atoms. The van der Waals surface area contributed by atoms with E-state index in [2.05, 4.69) is 31.4 Å². The van der Waals surface area contributed by atoms with Crippen molar-refractivity contribution in [3.63, 3.8) is 0 Å². The van der Waals surface area contributed by atoms with Gasteiger partial charge in [-0.1, -0.05) is 13.8 Å². The van der Waals surface area contributed by atoms with Gasteiger partial charge in [0.05, 0.1) is 0 Å². The van der Waals surface area contributed by atoms with Gasteiger partial charge < -0.3 is 15.5 Å². The molecule has 2 amide bonds. The Morgan fingerprint density at radius 3 is 2.70 bits per heavy atom. The fourth-order valence-electron chi connectivity index (χ4n) is 3.55. The van der Waals surface area contributed by atoms with E-state index in [0.717, 1.165) is 19.4 Å². The van der Waals surface area contributed by atoms with Crippen LogP contribution in [0.25, 0.3) is 0 Å². The van der Waals surface area contributed by atoms with E-state index in [1.165, 1.54) is 6.92 Å². The molecule has 2 fully saturated rings. The van der Waals surface area contributed by atoms with E-state index in [9.17, 15) is 9.59 Å². The second kappa shape index (κ2) is 6.12. The van der Waals surface area contributed by atoms with Gasteiger partial charge in [0.15, 0.2) is 0 Å². The summed E-state index contributed by atoms with van der Waals surface area (Å²) in [5.41, 5.74) is 0. The number of hydrogen-bond acceptors (Lipinski definition) is 3. The highest BCUT2D eigenvalue weighted by atomic mass is 16.2. The first kappa shape index (κ1) is 15.3. The lowest BCUT2D eigenvalue weighted by Crippen LogP contribution is -2.50. The Balaban J connectivity index is 2.05. The van der Waals surface area contributed by atoms with Gasteiger partial charge in [0.25, 0.3) is 0 Å². The summed E-state index contributed by atoms with van der Waals surface area (Å²) in [5.74, 6) is 0.352. The molecule has 2 aliphatic rings. The Labute approximate surface area is 121 Å². The third kappa shape index (κ3) is 3.32. The summed E-state index contributed by atoms with van der Waals surface area (Å²) < 4.78 is 0. The minimum atomic E-state index is -0.373. The number of nitrogens with one attached hydrogen (secondary N) is 2. The zero-order valence-corrected chi connectivity index (χ0v) is 13.0. The molecule has 0 aromatic heterocycles. The van der Waals surface area contributed by atoms with E-state index in [1.807, 2.05) is 4.90 Å². The van der Waals surface area contributed by atoms with Crippen LogP contribution in [0.15, 0.2) is 0 Å². The number of carbonyl (C=O) groups excluding carboxylic acids is 2. The molecule has 0 aliphatic carbocycles. The lowest BCUT2D eigenvalue weighted by atomic mass is 10.0. The van der Waals surface area contributed by atoms with Crippen molar-refractivity contribution >= 4 is 11.8 Å². The highest BCUT2D eigenvalue weighted by Gasteiger charge is 2.43. The summed E-state index contributed by atoms with van der Waals surface area (Å²) >= 11 is 0. The van der Waals surface area contributed by atoms with Crippen molar-refractivity contribution in [1.29, 1.82) is 0 Å². The van der Waals surface area contributed by atoms with Crippen molar-refractivity contribution in [2.45, 2.75) is 71.1 Å². The zero-order valence-electron chi connectivity index (χ0n) is 13.0. The average molecular weight is 281 g/mol. The quantitative estimate of drug-likeness (QED) is 0.804. The molecule has 0 spiro atoms. The average Bonchev–Trinajstić information content (AvgIpc) is 2.84. The van der Waals surface area contributed by atoms with Crippen LogP contribution in [0.4, 0.5) is 0 Å². The van der Waals surface area contributed by atoms with Gasteiger partial charge in [0.1, 0.15) is 6.04 Å². The zero-order chi connectivity index (χ0) is 14.9. The third-order valence-corrected chi connectivity index (χ3v) is 4.31. The predicted octanol–water partition coefficient (Wildman–Crippen LogP) is 0.889. The lowest BCUT2D eigenvalue weighted by molar-refractivity contribution is -0.137. The van der Waals surface area contributed by atoms with Crippen molar-refractivity contribution in [1.82, 2.24) is 15.5 Å². The second-order valence-electron chi connectivity index (χ2n) is 6.68. The first-order valence-corrected chi connectivity index (χ1v) is 7.72. The number of nitrogens with zero attached hydrogens (tertiary/aromatic N) is 1. The van der Waals surface area contributed by atoms with E-state index in [0.29, 0.717) is 30.5 Å². The molecule has 2 heterocycles. The Bertz CT molecular complexity index is 383. The maximum Gasteiger partial charge on any atom is 0.245 e. The van der Waals surface area contributed by atoms with Crippen molar-refractivity contribution in [2.75, 3.05) is 6.54 Å². The molecule has 0 aromatic rings. The summed E-state index contributed by atoms with van der Waals surface area (Å²) in [4.78, 5) is 26.1. The van der Waals surface area contributed by atoms with E-state index in [-0.39, 0.29) is 17.9 Å². The maximum absolute atomic E-state index is 12.7. The molecule has 114 valence electrons. The van der Waals surface area contributed by atoms with Crippen LogP contribution in [0, 0.1) is 5.92 Å². The third-order valence-electron chi connectivity index (χ3n) is 4.31. The smallest absolute Gasteiger partial charge is 0.245 e. The number of fused-ring (bicyclic) bond motifs is 1. The van der Waals surface area contributed by atoms with Crippen molar-refractivity contribution in [3.05, 3.63) is 0 Å². The normalized spacial score (nSPS) is 30.4. The molecular formula is C15H27N3O2. The van der Waals surface area contributed by atoms with Crippen molar-refractivity contribution in [2.24, 2.45) is 5.92 Å². The van der Waals surface area contributed by atoms with Gasteiger partial charge in [-0.05, 0) is 32.1 Å². The monoisotopic (exact) mass is 281 g/mol. The minimum Gasteiger partial charge on any atom is -0.345 e. The van der Waals surface area contributed by atoms with Crippen LogP contribution in [-0.2, 0) is 9.59 Å². The Kier molecular flexibility index (Phi) is 4.68. The van der Waals surface area contributed by atoms with Gasteiger partial charge in [0.2, 0.25) is 11.8 Å². The Morgan fingerprint density at radius 1 is 1.40 bits per heavy atom.